The maximum atomic E-state index is 12.8. The lowest BCUT2D eigenvalue weighted by Gasteiger charge is -2.21. The van der Waals surface area contributed by atoms with Gasteiger partial charge < -0.3 is 4.90 Å². The van der Waals surface area contributed by atoms with Gasteiger partial charge in [-0.3, -0.25) is 4.79 Å². The van der Waals surface area contributed by atoms with Gasteiger partial charge in [-0.25, -0.2) is 0 Å². The minimum Gasteiger partial charge on any atom is -0.307 e. The second-order valence-corrected chi connectivity index (χ2v) is 6.54. The molecule has 0 atom stereocenters. The molecule has 0 spiro atoms. The van der Waals surface area contributed by atoms with Crippen molar-refractivity contribution < 1.29 is 4.79 Å². The van der Waals surface area contributed by atoms with Crippen LogP contribution >= 0.6 is 11.6 Å². The Morgan fingerprint density at radius 2 is 1.86 bits per heavy atom. The average molecular weight is 300 g/mol. The fraction of sp³-hybridized carbons (Fsp3) is 0.278. The van der Waals surface area contributed by atoms with Gasteiger partial charge in [0.25, 0.3) is 0 Å². The van der Waals surface area contributed by atoms with Crippen LogP contribution in [-0.2, 0) is 16.8 Å². The van der Waals surface area contributed by atoms with E-state index in [2.05, 4.69) is 13.0 Å². The zero-order chi connectivity index (χ0) is 15.2. The number of carbonyl (C=O) groups excluding carboxylic acids is 1. The predicted molar refractivity (Wildman–Crippen MR) is 86.8 cm³/mol. The predicted octanol–water partition coefficient (Wildman–Crippen LogP) is 4.47. The van der Waals surface area contributed by atoms with E-state index in [1.165, 1.54) is 5.56 Å². The van der Waals surface area contributed by atoms with Gasteiger partial charge in [-0.2, -0.15) is 0 Å². The van der Waals surface area contributed by atoms with Crippen LogP contribution in [0.3, 0.4) is 0 Å². The maximum Gasteiger partial charge on any atom is 0.237 e. The summed E-state index contributed by atoms with van der Waals surface area (Å²) in [6, 6.07) is 13.9. The molecule has 3 heteroatoms. The second kappa shape index (κ2) is 4.88. The van der Waals surface area contributed by atoms with Crippen molar-refractivity contribution in [3.8, 4) is 0 Å². The number of amides is 1. The summed E-state index contributed by atoms with van der Waals surface area (Å²) >= 11 is 6.24. The summed E-state index contributed by atoms with van der Waals surface area (Å²) < 4.78 is 0. The van der Waals surface area contributed by atoms with Crippen LogP contribution in [0.2, 0.25) is 5.02 Å². The number of hydrogen-bond donors (Lipinski definition) is 0. The third-order valence-corrected chi connectivity index (χ3v) is 4.55. The van der Waals surface area contributed by atoms with E-state index in [9.17, 15) is 4.79 Å². The summed E-state index contributed by atoms with van der Waals surface area (Å²) in [5, 5.41) is 0.698. The smallest absolute Gasteiger partial charge is 0.237 e. The third-order valence-electron chi connectivity index (χ3n) is 4.18. The molecule has 0 aliphatic carbocycles. The van der Waals surface area contributed by atoms with Gasteiger partial charge >= 0.3 is 0 Å². The first-order valence-corrected chi connectivity index (χ1v) is 7.45. The summed E-state index contributed by atoms with van der Waals surface area (Å²) in [6.45, 7) is 6.54. The molecule has 2 nitrogen and oxygen atoms in total. The molecule has 108 valence electrons. The Balaban J connectivity index is 2.05. The molecule has 2 aromatic rings. The van der Waals surface area contributed by atoms with Gasteiger partial charge in [0.15, 0.2) is 0 Å². The van der Waals surface area contributed by atoms with Crippen LogP contribution < -0.4 is 4.90 Å². The number of carbonyl (C=O) groups is 1. The molecule has 1 heterocycles. The van der Waals surface area contributed by atoms with Crippen molar-refractivity contribution in [2.24, 2.45) is 0 Å². The van der Waals surface area contributed by atoms with E-state index in [4.69, 9.17) is 11.6 Å². The van der Waals surface area contributed by atoms with Crippen molar-refractivity contribution in [3.05, 3.63) is 64.2 Å². The van der Waals surface area contributed by atoms with Gasteiger partial charge in [-0.1, -0.05) is 47.5 Å². The molecular formula is C18H18ClNO. The molecule has 3 rings (SSSR count). The zero-order valence-electron chi connectivity index (χ0n) is 12.5. The zero-order valence-corrected chi connectivity index (χ0v) is 13.2. The molecule has 0 radical (unpaired) electrons. The Bertz CT molecular complexity index is 721. The van der Waals surface area contributed by atoms with Gasteiger partial charge in [-0.15, -0.1) is 0 Å². The normalized spacial score (nSPS) is 16.2. The lowest BCUT2D eigenvalue weighted by Crippen LogP contribution is -2.35. The molecule has 1 aliphatic rings. The fourth-order valence-corrected chi connectivity index (χ4v) is 3.10. The fourth-order valence-electron chi connectivity index (χ4n) is 2.90. The summed E-state index contributed by atoms with van der Waals surface area (Å²) in [7, 11) is 0. The second-order valence-electron chi connectivity index (χ2n) is 6.13. The molecule has 0 fully saturated rings. The molecule has 0 saturated carbocycles. The van der Waals surface area contributed by atoms with Gasteiger partial charge in [0.2, 0.25) is 5.91 Å². The van der Waals surface area contributed by atoms with E-state index < -0.39 is 5.41 Å². The molecule has 2 aromatic carbocycles. The Labute approximate surface area is 130 Å². The van der Waals surface area contributed by atoms with Crippen LogP contribution in [0.25, 0.3) is 0 Å². The summed E-state index contributed by atoms with van der Waals surface area (Å²) in [5.74, 6) is 0.128. The molecule has 0 bridgehead atoms. The van der Waals surface area contributed by atoms with Crippen LogP contribution in [0.1, 0.15) is 30.5 Å². The average Bonchev–Trinajstić information content (AvgIpc) is 2.63. The van der Waals surface area contributed by atoms with Crippen molar-refractivity contribution in [2.45, 2.75) is 32.7 Å². The number of hydrogen-bond acceptors (Lipinski definition) is 1. The van der Waals surface area contributed by atoms with Gasteiger partial charge in [0, 0.05) is 10.7 Å². The van der Waals surface area contributed by atoms with E-state index in [1.807, 2.05) is 55.1 Å². The van der Waals surface area contributed by atoms with E-state index in [0.29, 0.717) is 11.6 Å². The first-order valence-electron chi connectivity index (χ1n) is 7.08. The van der Waals surface area contributed by atoms with Crippen LogP contribution in [0.4, 0.5) is 5.69 Å². The highest BCUT2D eigenvalue weighted by molar-refractivity contribution is 6.31. The molecular weight excluding hydrogens is 282 g/mol. The number of aryl methyl sites for hydroxylation is 1. The van der Waals surface area contributed by atoms with Crippen molar-refractivity contribution in [1.29, 1.82) is 0 Å². The minimum atomic E-state index is -0.484. The monoisotopic (exact) mass is 299 g/mol. The standard InChI is InChI=1S/C18H18ClNO/c1-12-8-9-16-14(10-12)18(2,3)17(21)20(16)11-13-6-4-5-7-15(13)19/h4-10H,11H2,1-3H3. The number of rotatable bonds is 2. The van der Waals surface area contributed by atoms with Crippen LogP contribution in [0.5, 0.6) is 0 Å². The molecule has 0 saturated heterocycles. The van der Waals surface area contributed by atoms with Crippen LogP contribution in [0.15, 0.2) is 42.5 Å². The number of anilines is 1. The number of fused-ring (bicyclic) bond motifs is 1. The Morgan fingerprint density at radius 1 is 1.14 bits per heavy atom. The molecule has 21 heavy (non-hydrogen) atoms. The number of nitrogens with zero attached hydrogens (tertiary/aromatic N) is 1. The Morgan fingerprint density at radius 3 is 2.57 bits per heavy atom. The summed E-state index contributed by atoms with van der Waals surface area (Å²) in [5.41, 5.74) is 3.75. The Hall–Kier alpha value is -1.80. The molecule has 1 amide bonds. The van der Waals surface area contributed by atoms with E-state index in [0.717, 1.165) is 16.8 Å². The molecule has 0 N–H and O–H groups in total. The summed E-state index contributed by atoms with van der Waals surface area (Å²) in [6.07, 6.45) is 0. The highest BCUT2D eigenvalue weighted by atomic mass is 35.5. The largest absolute Gasteiger partial charge is 0.307 e. The SMILES string of the molecule is Cc1ccc2c(c1)C(C)(C)C(=O)N2Cc1ccccc1Cl. The molecule has 0 aromatic heterocycles. The van der Waals surface area contributed by atoms with Gasteiger partial charge in [0.05, 0.1) is 12.0 Å². The van der Waals surface area contributed by atoms with Gasteiger partial charge in [0.1, 0.15) is 0 Å². The first-order chi connectivity index (χ1) is 9.91. The van der Waals surface area contributed by atoms with E-state index in [1.54, 1.807) is 0 Å². The van der Waals surface area contributed by atoms with Crippen molar-refractivity contribution in [3.63, 3.8) is 0 Å². The maximum absolute atomic E-state index is 12.8. The van der Waals surface area contributed by atoms with Crippen molar-refractivity contribution in [2.75, 3.05) is 4.90 Å². The minimum absolute atomic E-state index is 0.128. The summed E-state index contributed by atoms with van der Waals surface area (Å²) in [4.78, 5) is 14.6. The van der Waals surface area contributed by atoms with E-state index >= 15 is 0 Å². The van der Waals surface area contributed by atoms with Crippen LogP contribution in [-0.4, -0.2) is 5.91 Å². The van der Waals surface area contributed by atoms with Crippen LogP contribution in [0, 0.1) is 6.92 Å². The van der Waals surface area contributed by atoms with E-state index in [-0.39, 0.29) is 5.91 Å². The van der Waals surface area contributed by atoms with Crippen molar-refractivity contribution in [1.82, 2.24) is 0 Å². The number of benzene rings is 2. The third kappa shape index (κ3) is 2.24. The quantitative estimate of drug-likeness (QED) is 0.801. The molecule has 1 aliphatic heterocycles. The first kappa shape index (κ1) is 14.2. The van der Waals surface area contributed by atoms with Gasteiger partial charge in [-0.05, 0) is 44.0 Å². The molecule has 0 unspecified atom stereocenters. The topological polar surface area (TPSA) is 20.3 Å². The highest BCUT2D eigenvalue weighted by Gasteiger charge is 2.43. The Kier molecular flexibility index (Phi) is 3.29. The lowest BCUT2D eigenvalue weighted by atomic mass is 9.85. The highest BCUT2D eigenvalue weighted by Crippen LogP contribution is 2.42. The number of halogens is 1. The lowest BCUT2D eigenvalue weighted by molar-refractivity contribution is -0.122. The van der Waals surface area contributed by atoms with Crippen molar-refractivity contribution >= 4 is 23.2 Å².